The number of nitrogens with two attached hydrogens (primary N) is 1. The minimum atomic E-state index is -1.02. The minimum absolute atomic E-state index is 0.126. The summed E-state index contributed by atoms with van der Waals surface area (Å²) in [5.74, 6) is -0.126. The molecule has 1 aliphatic rings. The summed E-state index contributed by atoms with van der Waals surface area (Å²) in [7, 11) is 1.72. The molecule has 0 heterocycles. The second-order valence-corrected chi connectivity index (χ2v) is 7.40. The highest BCUT2D eigenvalue weighted by Crippen LogP contribution is 2.43. The van der Waals surface area contributed by atoms with E-state index < -0.39 is 5.54 Å². The maximum absolute atomic E-state index is 12.5. The molecule has 1 aromatic rings. The lowest BCUT2D eigenvalue weighted by molar-refractivity contribution is -0.127. The highest BCUT2D eigenvalue weighted by molar-refractivity contribution is 9.10. The molecule has 22 heavy (non-hydrogen) atoms. The number of nitrogens with one attached hydrogen (secondary N) is 1. The molecular formula is C17H25BrN2O2. The Bertz CT molecular complexity index is 510. The van der Waals surface area contributed by atoms with E-state index in [0.717, 1.165) is 35.9 Å². The fraction of sp³-hybridized carbons (Fsp3) is 0.588. The lowest BCUT2D eigenvalue weighted by Crippen LogP contribution is -2.52. The van der Waals surface area contributed by atoms with Crippen LogP contribution in [0.25, 0.3) is 0 Å². The fourth-order valence-electron chi connectivity index (χ4n) is 2.89. The SMILES string of the molecule is COCCC1(CNC(=O)C(C)(N)c2ccc(Br)cc2)CCC1. The van der Waals surface area contributed by atoms with Gasteiger partial charge in [-0.05, 0) is 49.3 Å². The molecule has 3 N–H and O–H groups in total. The van der Waals surface area contributed by atoms with Gasteiger partial charge in [-0.2, -0.15) is 0 Å². The van der Waals surface area contributed by atoms with Gasteiger partial charge in [0.25, 0.3) is 0 Å². The number of rotatable bonds is 7. The Balaban J connectivity index is 1.97. The third-order valence-electron chi connectivity index (χ3n) is 4.79. The molecule has 0 saturated heterocycles. The predicted octanol–water partition coefficient (Wildman–Crippen LogP) is 2.95. The number of carbonyl (C=O) groups excluding carboxylic acids is 1. The highest BCUT2D eigenvalue weighted by atomic mass is 79.9. The first-order valence-corrected chi connectivity index (χ1v) is 8.51. The van der Waals surface area contributed by atoms with Gasteiger partial charge in [-0.15, -0.1) is 0 Å². The maximum Gasteiger partial charge on any atom is 0.244 e. The van der Waals surface area contributed by atoms with Crippen molar-refractivity contribution < 1.29 is 9.53 Å². The van der Waals surface area contributed by atoms with Crippen LogP contribution in [0.4, 0.5) is 0 Å². The van der Waals surface area contributed by atoms with E-state index in [1.807, 2.05) is 24.3 Å². The first kappa shape index (κ1) is 17.4. The molecule has 5 heteroatoms. The molecule has 0 radical (unpaired) electrons. The van der Waals surface area contributed by atoms with Crippen LogP contribution in [-0.2, 0) is 15.1 Å². The van der Waals surface area contributed by atoms with Gasteiger partial charge in [0.2, 0.25) is 5.91 Å². The average Bonchev–Trinajstić information content (AvgIpc) is 2.46. The zero-order valence-corrected chi connectivity index (χ0v) is 14.9. The minimum Gasteiger partial charge on any atom is -0.385 e. The van der Waals surface area contributed by atoms with E-state index in [1.54, 1.807) is 14.0 Å². The van der Waals surface area contributed by atoms with E-state index in [0.29, 0.717) is 6.54 Å². The van der Waals surface area contributed by atoms with E-state index in [9.17, 15) is 4.79 Å². The van der Waals surface area contributed by atoms with E-state index in [-0.39, 0.29) is 11.3 Å². The fourth-order valence-corrected chi connectivity index (χ4v) is 3.15. The van der Waals surface area contributed by atoms with Crippen molar-refractivity contribution in [3.05, 3.63) is 34.3 Å². The molecule has 0 aliphatic heterocycles. The molecule has 1 saturated carbocycles. The Labute approximate surface area is 140 Å². The summed E-state index contributed by atoms with van der Waals surface area (Å²) in [5, 5.41) is 3.06. The third kappa shape index (κ3) is 3.89. The Hall–Kier alpha value is -0.910. The van der Waals surface area contributed by atoms with Crippen molar-refractivity contribution in [2.24, 2.45) is 11.1 Å². The molecule has 2 rings (SSSR count). The average molecular weight is 369 g/mol. The standard InChI is InChI=1S/C17H25BrN2O2/c1-16(19,13-4-6-14(18)7-5-13)15(21)20-12-17(8-3-9-17)10-11-22-2/h4-7H,3,8-12,19H2,1-2H3,(H,20,21). The number of hydrogen-bond donors (Lipinski definition) is 2. The summed E-state index contributed by atoms with van der Waals surface area (Å²) >= 11 is 3.39. The predicted molar refractivity (Wildman–Crippen MR) is 91.5 cm³/mol. The number of hydrogen-bond acceptors (Lipinski definition) is 3. The smallest absolute Gasteiger partial charge is 0.244 e. The van der Waals surface area contributed by atoms with E-state index >= 15 is 0 Å². The van der Waals surface area contributed by atoms with Gasteiger partial charge in [0.1, 0.15) is 5.54 Å². The lowest BCUT2D eigenvalue weighted by atomic mass is 9.66. The van der Waals surface area contributed by atoms with E-state index in [1.165, 1.54) is 6.42 Å². The zero-order chi connectivity index (χ0) is 16.2. The van der Waals surface area contributed by atoms with Crippen LogP contribution in [0.2, 0.25) is 0 Å². The second kappa shape index (κ2) is 7.11. The summed E-state index contributed by atoms with van der Waals surface area (Å²) < 4.78 is 6.16. The van der Waals surface area contributed by atoms with Gasteiger partial charge in [0.15, 0.2) is 0 Å². The van der Waals surface area contributed by atoms with Crippen molar-refractivity contribution in [2.45, 2.75) is 38.1 Å². The second-order valence-electron chi connectivity index (χ2n) is 6.49. The van der Waals surface area contributed by atoms with Gasteiger partial charge in [-0.1, -0.05) is 34.5 Å². The van der Waals surface area contributed by atoms with Crippen LogP contribution in [0, 0.1) is 5.41 Å². The third-order valence-corrected chi connectivity index (χ3v) is 5.32. The van der Waals surface area contributed by atoms with Gasteiger partial charge >= 0.3 is 0 Å². The lowest BCUT2D eigenvalue weighted by Gasteiger charge is -2.42. The Kier molecular flexibility index (Phi) is 5.64. The monoisotopic (exact) mass is 368 g/mol. The summed E-state index contributed by atoms with van der Waals surface area (Å²) in [4.78, 5) is 12.5. The van der Waals surface area contributed by atoms with E-state index in [2.05, 4.69) is 21.2 Å². The quantitative estimate of drug-likeness (QED) is 0.777. The highest BCUT2D eigenvalue weighted by Gasteiger charge is 2.38. The first-order chi connectivity index (χ1) is 10.4. The van der Waals surface area contributed by atoms with Crippen molar-refractivity contribution in [1.29, 1.82) is 0 Å². The summed E-state index contributed by atoms with van der Waals surface area (Å²) in [5.41, 5.74) is 6.26. The van der Waals surface area contributed by atoms with Crippen LogP contribution in [0.3, 0.4) is 0 Å². The van der Waals surface area contributed by atoms with Crippen molar-refractivity contribution in [3.63, 3.8) is 0 Å². The molecule has 1 fully saturated rings. The number of amides is 1. The molecule has 1 aromatic carbocycles. The zero-order valence-electron chi connectivity index (χ0n) is 13.3. The largest absolute Gasteiger partial charge is 0.385 e. The van der Waals surface area contributed by atoms with Gasteiger partial charge in [-0.3, -0.25) is 4.79 Å². The van der Waals surface area contributed by atoms with Crippen molar-refractivity contribution in [1.82, 2.24) is 5.32 Å². The van der Waals surface area contributed by atoms with Gasteiger partial charge in [0, 0.05) is 24.7 Å². The normalized spacial score (nSPS) is 19.1. The molecule has 0 bridgehead atoms. The molecule has 1 aliphatic carbocycles. The summed E-state index contributed by atoms with van der Waals surface area (Å²) in [6, 6.07) is 7.57. The Morgan fingerprint density at radius 2 is 2.05 bits per heavy atom. The van der Waals surface area contributed by atoms with Crippen LogP contribution < -0.4 is 11.1 Å². The topological polar surface area (TPSA) is 64.3 Å². The van der Waals surface area contributed by atoms with Crippen LogP contribution in [-0.4, -0.2) is 26.2 Å². The van der Waals surface area contributed by atoms with Gasteiger partial charge in [-0.25, -0.2) is 0 Å². The number of benzene rings is 1. The molecule has 1 unspecified atom stereocenters. The van der Waals surface area contributed by atoms with E-state index in [4.69, 9.17) is 10.5 Å². The van der Waals surface area contributed by atoms with Crippen LogP contribution in [0.15, 0.2) is 28.7 Å². The van der Waals surface area contributed by atoms with Crippen molar-refractivity contribution in [3.8, 4) is 0 Å². The van der Waals surface area contributed by atoms with Gasteiger partial charge in [0.05, 0.1) is 0 Å². The Morgan fingerprint density at radius 3 is 2.55 bits per heavy atom. The molecule has 0 spiro atoms. The first-order valence-electron chi connectivity index (χ1n) is 7.72. The molecular weight excluding hydrogens is 344 g/mol. The summed E-state index contributed by atoms with van der Waals surface area (Å²) in [6.07, 6.45) is 4.52. The molecule has 4 nitrogen and oxygen atoms in total. The maximum atomic E-state index is 12.5. The van der Waals surface area contributed by atoms with Crippen molar-refractivity contribution >= 4 is 21.8 Å². The number of carbonyl (C=O) groups is 1. The number of methoxy groups -OCH3 is 1. The number of ether oxygens (including phenoxy) is 1. The Morgan fingerprint density at radius 1 is 1.41 bits per heavy atom. The van der Waals surface area contributed by atoms with Crippen molar-refractivity contribution in [2.75, 3.05) is 20.3 Å². The summed E-state index contributed by atoms with van der Waals surface area (Å²) in [6.45, 7) is 3.18. The molecule has 122 valence electrons. The van der Waals surface area contributed by atoms with Crippen LogP contribution in [0.1, 0.15) is 38.2 Å². The van der Waals surface area contributed by atoms with Gasteiger partial charge < -0.3 is 15.8 Å². The molecule has 0 aromatic heterocycles. The molecule has 1 amide bonds. The number of halogens is 1. The van der Waals surface area contributed by atoms with Crippen LogP contribution in [0.5, 0.6) is 0 Å². The van der Waals surface area contributed by atoms with Crippen LogP contribution >= 0.6 is 15.9 Å². The molecule has 1 atom stereocenters.